The van der Waals surface area contributed by atoms with Crippen LogP contribution in [0.5, 0.6) is 0 Å². The maximum absolute atomic E-state index is 5.72. The third-order valence-electron chi connectivity index (χ3n) is 6.02. The van der Waals surface area contributed by atoms with Gasteiger partial charge in [-0.3, -0.25) is 4.98 Å². The van der Waals surface area contributed by atoms with E-state index in [0.717, 1.165) is 30.4 Å². The van der Waals surface area contributed by atoms with Gasteiger partial charge in [-0.05, 0) is 55.2 Å². The molecule has 1 saturated carbocycles. The van der Waals surface area contributed by atoms with E-state index in [4.69, 9.17) is 17.0 Å². The molecule has 0 unspecified atom stereocenters. The maximum atomic E-state index is 5.72. The van der Waals surface area contributed by atoms with E-state index in [1.807, 2.05) is 18.3 Å². The van der Waals surface area contributed by atoms with Gasteiger partial charge >= 0.3 is 0 Å². The fourth-order valence-electron chi connectivity index (χ4n) is 4.60. The molecule has 6 heteroatoms. The number of nitrogens with one attached hydrogen (secondary N) is 1. The summed E-state index contributed by atoms with van der Waals surface area (Å²) in [5, 5.41) is 4.34. The molecule has 2 atom stereocenters. The Kier molecular flexibility index (Phi) is 6.27. The minimum Gasteiger partial charge on any atom is -0.385 e. The normalized spacial score (nSPS) is 23.2. The van der Waals surface area contributed by atoms with Gasteiger partial charge in [0.05, 0.1) is 17.8 Å². The lowest BCUT2D eigenvalue weighted by Gasteiger charge is -2.27. The molecule has 1 aliphatic carbocycles. The van der Waals surface area contributed by atoms with Crippen molar-refractivity contribution in [3.8, 4) is 0 Å². The number of pyridine rings is 1. The fraction of sp³-hybridized carbons (Fsp3) is 0.545. The lowest BCUT2D eigenvalue weighted by atomic mass is 9.95. The molecule has 0 aromatic carbocycles. The predicted octanol–water partition coefficient (Wildman–Crippen LogP) is 4.40. The zero-order chi connectivity index (χ0) is 19.3. The van der Waals surface area contributed by atoms with Crippen LogP contribution in [0, 0.1) is 0 Å². The second-order valence-electron chi connectivity index (χ2n) is 7.85. The summed E-state index contributed by atoms with van der Waals surface area (Å²) in [4.78, 5) is 6.93. The first-order valence-corrected chi connectivity index (χ1v) is 10.8. The molecule has 0 spiro atoms. The zero-order valence-corrected chi connectivity index (χ0v) is 17.4. The van der Waals surface area contributed by atoms with E-state index in [-0.39, 0.29) is 12.1 Å². The topological polar surface area (TPSA) is 42.3 Å². The first-order valence-electron chi connectivity index (χ1n) is 10.4. The number of ether oxygens (including phenoxy) is 1. The summed E-state index contributed by atoms with van der Waals surface area (Å²) in [6.45, 7) is 1.62. The molecular formula is C22H30N4OS. The van der Waals surface area contributed by atoms with Gasteiger partial charge in [-0.2, -0.15) is 0 Å². The van der Waals surface area contributed by atoms with Gasteiger partial charge in [-0.25, -0.2) is 0 Å². The summed E-state index contributed by atoms with van der Waals surface area (Å²) in [6.07, 6.45) is 14.0. The molecule has 2 fully saturated rings. The van der Waals surface area contributed by atoms with E-state index < -0.39 is 0 Å². The van der Waals surface area contributed by atoms with Gasteiger partial charge in [0.25, 0.3) is 0 Å². The number of rotatable bonds is 7. The third kappa shape index (κ3) is 4.08. The second-order valence-corrected chi connectivity index (χ2v) is 8.24. The van der Waals surface area contributed by atoms with Crippen molar-refractivity contribution in [2.75, 3.05) is 20.3 Å². The van der Waals surface area contributed by atoms with E-state index in [1.54, 1.807) is 7.11 Å². The predicted molar refractivity (Wildman–Crippen MR) is 115 cm³/mol. The summed E-state index contributed by atoms with van der Waals surface area (Å²) in [6, 6.07) is 9.23. The Morgan fingerprint density at radius 3 is 2.82 bits per heavy atom. The molecule has 1 saturated heterocycles. The highest BCUT2D eigenvalue weighted by molar-refractivity contribution is 7.80. The number of hydrogen-bond acceptors (Lipinski definition) is 3. The van der Waals surface area contributed by atoms with Gasteiger partial charge in [0.1, 0.15) is 0 Å². The molecule has 150 valence electrons. The SMILES string of the molecule is COCCCN1C(=S)N[C@H](c2ccccn2)[C@@H]1c1ccn(C2CCCCC2)c1. The molecule has 0 amide bonds. The van der Waals surface area contributed by atoms with Gasteiger partial charge < -0.3 is 19.5 Å². The van der Waals surface area contributed by atoms with E-state index in [1.165, 1.54) is 37.7 Å². The van der Waals surface area contributed by atoms with Crippen LogP contribution in [-0.2, 0) is 4.74 Å². The van der Waals surface area contributed by atoms with Gasteiger partial charge in [-0.15, -0.1) is 0 Å². The third-order valence-corrected chi connectivity index (χ3v) is 6.37. The van der Waals surface area contributed by atoms with Crippen molar-refractivity contribution >= 4 is 17.3 Å². The standard InChI is InChI=1S/C22H30N4OS/c1-27-15-7-13-26-21(20(24-22(26)28)19-10-5-6-12-23-19)17-11-14-25(16-17)18-8-3-2-4-9-18/h5-6,10-12,14,16,18,20-21H,2-4,7-9,13,15H2,1H3,(H,24,28)/t20-,21+/m1/s1. The Labute approximate surface area is 173 Å². The highest BCUT2D eigenvalue weighted by Gasteiger charge is 2.39. The molecule has 2 aromatic rings. The lowest BCUT2D eigenvalue weighted by molar-refractivity contribution is 0.180. The van der Waals surface area contributed by atoms with Crippen LogP contribution in [0.15, 0.2) is 42.9 Å². The monoisotopic (exact) mass is 398 g/mol. The average molecular weight is 399 g/mol. The highest BCUT2D eigenvalue weighted by Crippen LogP contribution is 2.39. The Balaban J connectivity index is 1.61. The number of aromatic nitrogens is 2. The van der Waals surface area contributed by atoms with Crippen LogP contribution in [0.4, 0.5) is 0 Å². The molecular weight excluding hydrogens is 368 g/mol. The van der Waals surface area contributed by atoms with Crippen molar-refractivity contribution in [2.24, 2.45) is 0 Å². The Bertz CT molecular complexity index is 772. The minimum atomic E-state index is 0.0680. The summed E-state index contributed by atoms with van der Waals surface area (Å²) < 4.78 is 7.70. The molecule has 4 rings (SSSR count). The quantitative estimate of drug-likeness (QED) is 0.553. The Morgan fingerprint density at radius 2 is 2.07 bits per heavy atom. The minimum absolute atomic E-state index is 0.0680. The van der Waals surface area contributed by atoms with Crippen molar-refractivity contribution in [1.29, 1.82) is 0 Å². The second kappa shape index (κ2) is 9.05. The van der Waals surface area contributed by atoms with Crippen LogP contribution < -0.4 is 5.32 Å². The molecule has 0 bridgehead atoms. The van der Waals surface area contributed by atoms with Crippen LogP contribution in [0.25, 0.3) is 0 Å². The molecule has 2 aliphatic rings. The summed E-state index contributed by atoms with van der Waals surface area (Å²) >= 11 is 5.72. The molecule has 5 nitrogen and oxygen atoms in total. The van der Waals surface area contributed by atoms with Gasteiger partial charge in [0.2, 0.25) is 0 Å². The first-order chi connectivity index (χ1) is 13.8. The number of methoxy groups -OCH3 is 1. The van der Waals surface area contributed by atoms with Crippen molar-refractivity contribution in [3.63, 3.8) is 0 Å². The van der Waals surface area contributed by atoms with Gasteiger partial charge in [0.15, 0.2) is 5.11 Å². The Morgan fingerprint density at radius 1 is 1.21 bits per heavy atom. The lowest BCUT2D eigenvalue weighted by Crippen LogP contribution is -2.31. The molecule has 0 radical (unpaired) electrons. The number of nitrogens with zero attached hydrogens (tertiary/aromatic N) is 3. The summed E-state index contributed by atoms with van der Waals surface area (Å²) in [5.41, 5.74) is 2.35. The van der Waals surface area contributed by atoms with Crippen LogP contribution >= 0.6 is 12.2 Å². The Hall–Kier alpha value is -1.92. The molecule has 2 aromatic heterocycles. The smallest absolute Gasteiger partial charge is 0.170 e. The van der Waals surface area contributed by atoms with Crippen LogP contribution in [0.3, 0.4) is 0 Å². The maximum Gasteiger partial charge on any atom is 0.170 e. The zero-order valence-electron chi connectivity index (χ0n) is 16.6. The van der Waals surface area contributed by atoms with Gasteiger partial charge in [-0.1, -0.05) is 25.3 Å². The first kappa shape index (κ1) is 19.4. The fourth-order valence-corrected chi connectivity index (χ4v) is 4.93. The summed E-state index contributed by atoms with van der Waals surface area (Å²) in [7, 11) is 1.75. The van der Waals surface area contributed by atoms with E-state index in [0.29, 0.717) is 6.04 Å². The largest absolute Gasteiger partial charge is 0.385 e. The van der Waals surface area contributed by atoms with Crippen molar-refractivity contribution in [1.82, 2.24) is 19.8 Å². The summed E-state index contributed by atoms with van der Waals surface area (Å²) in [5.74, 6) is 0. The van der Waals surface area contributed by atoms with E-state index >= 15 is 0 Å². The number of thiocarbonyl (C=S) groups is 1. The molecule has 1 aliphatic heterocycles. The molecule has 3 heterocycles. The van der Waals surface area contributed by atoms with E-state index in [2.05, 4.69) is 44.3 Å². The van der Waals surface area contributed by atoms with E-state index in [9.17, 15) is 0 Å². The molecule has 1 N–H and O–H groups in total. The van der Waals surface area contributed by atoms with Crippen molar-refractivity contribution in [2.45, 2.75) is 56.7 Å². The van der Waals surface area contributed by atoms with Gasteiger partial charge in [0, 0.05) is 44.9 Å². The number of hydrogen-bond donors (Lipinski definition) is 1. The molecule has 28 heavy (non-hydrogen) atoms. The van der Waals surface area contributed by atoms with Crippen LogP contribution in [0.1, 0.15) is 67.9 Å². The van der Waals surface area contributed by atoms with Crippen LogP contribution in [-0.4, -0.2) is 39.8 Å². The average Bonchev–Trinajstić information content (AvgIpc) is 3.35. The van der Waals surface area contributed by atoms with Crippen molar-refractivity contribution in [3.05, 3.63) is 54.1 Å². The highest BCUT2D eigenvalue weighted by atomic mass is 32.1. The van der Waals surface area contributed by atoms with Crippen LogP contribution in [0.2, 0.25) is 0 Å². The van der Waals surface area contributed by atoms with Crippen molar-refractivity contribution < 1.29 is 4.74 Å².